The molecule has 0 unspecified atom stereocenters. The molecule has 0 N–H and O–H groups in total. The first-order valence-electron chi connectivity index (χ1n) is 7.64. The third-order valence-electron chi connectivity index (χ3n) is 3.63. The second-order valence-electron chi connectivity index (χ2n) is 4.77. The second kappa shape index (κ2) is 7.79. The molecule has 112 valence electrons. The monoisotopic (exact) mass is 295 g/mol. The molecular formula is C16H25NO2S. The summed E-state index contributed by atoms with van der Waals surface area (Å²) in [5, 5.41) is 0.744. The van der Waals surface area contributed by atoms with Crippen molar-refractivity contribution in [2.45, 2.75) is 43.8 Å². The number of piperidine rings is 1. The molecule has 0 spiro atoms. The fraction of sp³-hybridized carbons (Fsp3) is 0.625. The third kappa shape index (κ3) is 3.83. The first kappa shape index (κ1) is 15.5. The lowest BCUT2D eigenvalue weighted by molar-refractivity contribution is 0.174. The number of nitrogens with zero attached hydrogens (tertiary/aromatic N) is 1. The number of benzene rings is 1. The van der Waals surface area contributed by atoms with Crippen LogP contribution in [-0.4, -0.2) is 36.6 Å². The van der Waals surface area contributed by atoms with Crippen LogP contribution < -0.4 is 9.47 Å². The highest BCUT2D eigenvalue weighted by Gasteiger charge is 2.20. The van der Waals surface area contributed by atoms with Crippen LogP contribution in [-0.2, 0) is 0 Å². The summed E-state index contributed by atoms with van der Waals surface area (Å²) in [7, 11) is 0. The lowest BCUT2D eigenvalue weighted by Gasteiger charge is -2.30. The molecule has 0 bridgehead atoms. The minimum atomic E-state index is 0.359. The van der Waals surface area contributed by atoms with Gasteiger partial charge in [-0.05, 0) is 50.7 Å². The van der Waals surface area contributed by atoms with E-state index in [1.807, 2.05) is 31.7 Å². The standard InChI is InChI=1S/C14H19NO2S.C2H6/c1-2-15-7-5-11(6-8-15)18-12-3-4-13-14(9-12)17-10-16-13;1-2/h3-4,9,11H,2,5-8,10H2,1H3;1-2H3. The summed E-state index contributed by atoms with van der Waals surface area (Å²) in [5.41, 5.74) is 0. The maximum absolute atomic E-state index is 5.42. The summed E-state index contributed by atoms with van der Waals surface area (Å²) in [6, 6.07) is 6.27. The summed E-state index contributed by atoms with van der Waals surface area (Å²) in [6.07, 6.45) is 2.57. The Kier molecular flexibility index (Phi) is 6.05. The number of thioether (sulfide) groups is 1. The molecule has 0 aromatic heterocycles. The molecule has 4 heteroatoms. The van der Waals surface area contributed by atoms with Crippen molar-refractivity contribution in [3.63, 3.8) is 0 Å². The first-order valence-corrected chi connectivity index (χ1v) is 8.52. The number of ether oxygens (including phenoxy) is 2. The van der Waals surface area contributed by atoms with E-state index in [9.17, 15) is 0 Å². The van der Waals surface area contributed by atoms with Crippen molar-refractivity contribution < 1.29 is 9.47 Å². The summed E-state index contributed by atoms with van der Waals surface area (Å²) < 4.78 is 10.8. The molecule has 2 aliphatic heterocycles. The van der Waals surface area contributed by atoms with E-state index in [1.54, 1.807) is 0 Å². The van der Waals surface area contributed by atoms with Gasteiger partial charge in [-0.25, -0.2) is 0 Å². The summed E-state index contributed by atoms with van der Waals surface area (Å²) >= 11 is 1.98. The van der Waals surface area contributed by atoms with Crippen LogP contribution in [0, 0.1) is 0 Å². The van der Waals surface area contributed by atoms with Gasteiger partial charge in [-0.15, -0.1) is 11.8 Å². The van der Waals surface area contributed by atoms with Gasteiger partial charge in [0.25, 0.3) is 0 Å². The molecule has 0 amide bonds. The minimum Gasteiger partial charge on any atom is -0.454 e. The van der Waals surface area contributed by atoms with Crippen LogP contribution in [0.4, 0.5) is 0 Å². The van der Waals surface area contributed by atoms with Crippen LogP contribution >= 0.6 is 11.8 Å². The van der Waals surface area contributed by atoms with Gasteiger partial charge in [0.05, 0.1) is 0 Å². The molecule has 3 rings (SSSR count). The van der Waals surface area contributed by atoms with E-state index in [-0.39, 0.29) is 0 Å². The molecule has 20 heavy (non-hydrogen) atoms. The van der Waals surface area contributed by atoms with Crippen LogP contribution in [0.3, 0.4) is 0 Å². The lowest BCUT2D eigenvalue weighted by Crippen LogP contribution is -2.34. The molecule has 0 saturated carbocycles. The zero-order chi connectivity index (χ0) is 14.4. The fourth-order valence-electron chi connectivity index (χ4n) is 2.49. The smallest absolute Gasteiger partial charge is 0.231 e. The van der Waals surface area contributed by atoms with Gasteiger partial charge in [0.1, 0.15) is 0 Å². The highest BCUT2D eigenvalue weighted by atomic mass is 32.2. The minimum absolute atomic E-state index is 0.359. The van der Waals surface area contributed by atoms with Crippen molar-refractivity contribution in [3.05, 3.63) is 18.2 Å². The number of hydrogen-bond acceptors (Lipinski definition) is 4. The van der Waals surface area contributed by atoms with Crippen molar-refractivity contribution >= 4 is 11.8 Å². The molecule has 0 radical (unpaired) electrons. The Hall–Kier alpha value is -0.870. The highest BCUT2D eigenvalue weighted by Crippen LogP contribution is 2.38. The largest absolute Gasteiger partial charge is 0.454 e. The van der Waals surface area contributed by atoms with Gasteiger partial charge in [0, 0.05) is 10.1 Å². The molecule has 1 saturated heterocycles. The van der Waals surface area contributed by atoms with Gasteiger partial charge in [0.15, 0.2) is 11.5 Å². The van der Waals surface area contributed by atoms with Gasteiger partial charge in [-0.1, -0.05) is 20.8 Å². The quantitative estimate of drug-likeness (QED) is 0.839. The van der Waals surface area contributed by atoms with Crippen molar-refractivity contribution in [2.75, 3.05) is 26.4 Å². The zero-order valence-electron chi connectivity index (χ0n) is 12.7. The molecule has 1 fully saturated rings. The van der Waals surface area contributed by atoms with Crippen molar-refractivity contribution in [1.29, 1.82) is 0 Å². The average molecular weight is 295 g/mol. The molecule has 1 aromatic carbocycles. The van der Waals surface area contributed by atoms with E-state index >= 15 is 0 Å². The number of fused-ring (bicyclic) bond motifs is 1. The lowest BCUT2D eigenvalue weighted by atomic mass is 10.1. The van der Waals surface area contributed by atoms with Gasteiger partial charge < -0.3 is 14.4 Å². The average Bonchev–Trinajstić information content (AvgIpc) is 2.98. The van der Waals surface area contributed by atoms with Crippen LogP contribution in [0.15, 0.2) is 23.1 Å². The summed E-state index contributed by atoms with van der Waals surface area (Å²) in [4.78, 5) is 3.82. The number of hydrogen-bond donors (Lipinski definition) is 0. The van der Waals surface area contributed by atoms with Gasteiger partial charge in [0.2, 0.25) is 6.79 Å². The molecule has 0 aliphatic carbocycles. The van der Waals surface area contributed by atoms with Gasteiger partial charge in [-0.2, -0.15) is 0 Å². The van der Waals surface area contributed by atoms with E-state index in [1.165, 1.54) is 37.4 Å². The second-order valence-corrected chi connectivity index (χ2v) is 6.14. The predicted octanol–water partition coefficient (Wildman–Crippen LogP) is 4.02. The Labute approximate surface area is 126 Å². The Bertz CT molecular complexity index is 417. The van der Waals surface area contributed by atoms with E-state index in [2.05, 4.69) is 24.0 Å². The number of likely N-dealkylation sites (tertiary alicyclic amines) is 1. The first-order chi connectivity index (χ1) is 9.85. The van der Waals surface area contributed by atoms with Crippen LogP contribution in [0.5, 0.6) is 11.5 Å². The molecule has 3 nitrogen and oxygen atoms in total. The Balaban J connectivity index is 0.000000704. The fourth-order valence-corrected chi connectivity index (χ4v) is 3.64. The van der Waals surface area contributed by atoms with Crippen LogP contribution in [0.1, 0.15) is 33.6 Å². The third-order valence-corrected chi connectivity index (χ3v) is 4.96. The van der Waals surface area contributed by atoms with Crippen molar-refractivity contribution in [3.8, 4) is 11.5 Å². The zero-order valence-corrected chi connectivity index (χ0v) is 13.5. The normalized spacial score (nSPS) is 18.6. The van der Waals surface area contributed by atoms with E-state index in [0.717, 1.165) is 16.7 Å². The van der Waals surface area contributed by atoms with E-state index in [4.69, 9.17) is 9.47 Å². The van der Waals surface area contributed by atoms with Crippen LogP contribution in [0.25, 0.3) is 0 Å². The highest BCUT2D eigenvalue weighted by molar-refractivity contribution is 8.00. The molecule has 2 aliphatic rings. The topological polar surface area (TPSA) is 21.7 Å². The van der Waals surface area contributed by atoms with Gasteiger partial charge >= 0.3 is 0 Å². The van der Waals surface area contributed by atoms with Gasteiger partial charge in [-0.3, -0.25) is 0 Å². The Morgan fingerprint density at radius 3 is 2.55 bits per heavy atom. The van der Waals surface area contributed by atoms with Crippen molar-refractivity contribution in [2.24, 2.45) is 0 Å². The van der Waals surface area contributed by atoms with E-state index < -0.39 is 0 Å². The maximum atomic E-state index is 5.42. The van der Waals surface area contributed by atoms with Crippen LogP contribution in [0.2, 0.25) is 0 Å². The summed E-state index contributed by atoms with van der Waals surface area (Å²) in [6.45, 7) is 10.3. The Morgan fingerprint density at radius 2 is 1.85 bits per heavy atom. The molecular weight excluding hydrogens is 270 g/mol. The molecule has 2 heterocycles. The van der Waals surface area contributed by atoms with E-state index in [0.29, 0.717) is 6.79 Å². The number of rotatable bonds is 3. The predicted molar refractivity (Wildman–Crippen MR) is 84.9 cm³/mol. The SMILES string of the molecule is CC.CCN1CCC(Sc2ccc3c(c2)OCO3)CC1. The molecule has 1 aromatic rings. The molecule has 0 atom stereocenters. The Morgan fingerprint density at radius 1 is 1.15 bits per heavy atom. The maximum Gasteiger partial charge on any atom is 0.231 e. The summed E-state index contributed by atoms with van der Waals surface area (Å²) in [5.74, 6) is 1.77. The van der Waals surface area contributed by atoms with Crippen molar-refractivity contribution in [1.82, 2.24) is 4.90 Å².